The van der Waals surface area contributed by atoms with Crippen LogP contribution in [0.25, 0.3) is 0 Å². The number of nitro groups is 1. The molecule has 0 amide bonds. The molecule has 1 aliphatic rings. The molecule has 1 unspecified atom stereocenters. The Bertz CT molecular complexity index is 565. The van der Waals surface area contributed by atoms with Gasteiger partial charge in [-0.2, -0.15) is 5.26 Å². The number of rotatable bonds is 6. The molecule has 0 spiro atoms. The molecule has 0 bridgehead atoms. The van der Waals surface area contributed by atoms with E-state index in [2.05, 4.69) is 6.07 Å². The summed E-state index contributed by atoms with van der Waals surface area (Å²) in [5.41, 5.74) is 4.81. The van der Waals surface area contributed by atoms with Crippen molar-refractivity contribution in [2.24, 2.45) is 11.7 Å². The van der Waals surface area contributed by atoms with Crippen molar-refractivity contribution in [2.75, 3.05) is 13.7 Å². The van der Waals surface area contributed by atoms with Crippen LogP contribution in [0, 0.1) is 27.4 Å². The fourth-order valence-corrected chi connectivity index (χ4v) is 1.93. The van der Waals surface area contributed by atoms with Crippen molar-refractivity contribution >= 4 is 5.69 Å². The van der Waals surface area contributed by atoms with Gasteiger partial charge < -0.3 is 15.2 Å². The van der Waals surface area contributed by atoms with E-state index >= 15 is 0 Å². The second-order valence-corrected chi connectivity index (χ2v) is 4.81. The Morgan fingerprint density at radius 3 is 2.75 bits per heavy atom. The van der Waals surface area contributed by atoms with Crippen molar-refractivity contribution in [2.45, 2.75) is 18.4 Å². The molecule has 7 heteroatoms. The summed E-state index contributed by atoms with van der Waals surface area (Å²) in [5, 5.41) is 19.9. The first-order valence-corrected chi connectivity index (χ1v) is 6.15. The third-order valence-electron chi connectivity index (χ3n) is 3.34. The highest BCUT2D eigenvalue weighted by atomic mass is 16.6. The summed E-state index contributed by atoms with van der Waals surface area (Å²) < 4.78 is 10.6. The van der Waals surface area contributed by atoms with E-state index in [4.69, 9.17) is 20.5 Å². The van der Waals surface area contributed by atoms with E-state index in [-0.39, 0.29) is 24.0 Å². The Labute approximate surface area is 116 Å². The molecule has 1 aliphatic carbocycles. The highest BCUT2D eigenvalue weighted by Crippen LogP contribution is 2.39. The molecule has 2 N–H and O–H groups in total. The van der Waals surface area contributed by atoms with Crippen LogP contribution in [0.5, 0.6) is 11.5 Å². The van der Waals surface area contributed by atoms with Gasteiger partial charge in [0.05, 0.1) is 24.2 Å². The summed E-state index contributed by atoms with van der Waals surface area (Å²) in [6, 6.07) is 6.11. The van der Waals surface area contributed by atoms with Crippen molar-refractivity contribution in [1.82, 2.24) is 0 Å². The zero-order valence-corrected chi connectivity index (χ0v) is 11.0. The molecular weight excluding hydrogens is 262 g/mol. The zero-order valence-electron chi connectivity index (χ0n) is 11.0. The van der Waals surface area contributed by atoms with Crippen LogP contribution in [-0.4, -0.2) is 24.2 Å². The Morgan fingerprint density at radius 2 is 2.25 bits per heavy atom. The predicted octanol–water partition coefficient (Wildman–Crippen LogP) is 1.61. The van der Waals surface area contributed by atoms with Gasteiger partial charge in [-0.1, -0.05) is 0 Å². The van der Waals surface area contributed by atoms with Crippen LogP contribution in [0.1, 0.15) is 12.8 Å². The number of hydrogen-bond donors (Lipinski definition) is 1. The second kappa shape index (κ2) is 5.35. The highest BCUT2D eigenvalue weighted by molar-refractivity contribution is 5.48. The maximum atomic E-state index is 10.8. The van der Waals surface area contributed by atoms with Crippen LogP contribution in [0.4, 0.5) is 5.69 Å². The molecule has 1 saturated carbocycles. The topological polar surface area (TPSA) is 111 Å². The van der Waals surface area contributed by atoms with E-state index in [0.717, 1.165) is 12.8 Å². The Balaban J connectivity index is 2.17. The van der Waals surface area contributed by atoms with E-state index < -0.39 is 10.5 Å². The van der Waals surface area contributed by atoms with Crippen molar-refractivity contribution in [3.8, 4) is 17.6 Å². The van der Waals surface area contributed by atoms with Gasteiger partial charge in [0.25, 0.3) is 5.69 Å². The van der Waals surface area contributed by atoms with E-state index in [1.165, 1.54) is 25.3 Å². The van der Waals surface area contributed by atoms with E-state index in [9.17, 15) is 10.1 Å². The van der Waals surface area contributed by atoms with Gasteiger partial charge in [0.15, 0.2) is 11.5 Å². The average Bonchev–Trinajstić information content (AvgIpc) is 3.29. The normalized spacial score (nSPS) is 16.9. The third-order valence-corrected chi connectivity index (χ3v) is 3.34. The second-order valence-electron chi connectivity index (χ2n) is 4.81. The van der Waals surface area contributed by atoms with Crippen LogP contribution in [0.2, 0.25) is 0 Å². The molecule has 1 aromatic carbocycles. The summed E-state index contributed by atoms with van der Waals surface area (Å²) in [7, 11) is 1.44. The lowest BCUT2D eigenvalue weighted by molar-refractivity contribution is -0.385. The number of nitrogens with zero attached hydrogens (tertiary/aromatic N) is 2. The van der Waals surface area contributed by atoms with E-state index in [1.807, 2.05) is 0 Å². The molecule has 0 saturated heterocycles. The minimum absolute atomic E-state index is 0.0221. The van der Waals surface area contributed by atoms with Crippen LogP contribution >= 0.6 is 0 Å². The SMILES string of the molecule is COc1ccc([N+](=O)[O-])cc1OCC(N)(C#N)C1CC1. The Kier molecular flexibility index (Phi) is 3.77. The first-order chi connectivity index (χ1) is 9.50. The molecule has 0 radical (unpaired) electrons. The van der Waals surface area contributed by atoms with Crippen LogP contribution in [0.15, 0.2) is 18.2 Å². The molecule has 106 valence electrons. The van der Waals surface area contributed by atoms with Crippen molar-refractivity contribution in [3.05, 3.63) is 28.3 Å². The average molecular weight is 277 g/mol. The fourth-order valence-electron chi connectivity index (χ4n) is 1.93. The van der Waals surface area contributed by atoms with E-state index in [0.29, 0.717) is 5.75 Å². The van der Waals surface area contributed by atoms with Gasteiger partial charge >= 0.3 is 0 Å². The van der Waals surface area contributed by atoms with Crippen molar-refractivity contribution < 1.29 is 14.4 Å². The van der Waals surface area contributed by atoms with Gasteiger partial charge in [0.1, 0.15) is 12.1 Å². The molecule has 1 aromatic rings. The minimum atomic E-state index is -1.06. The number of nitriles is 1. The summed E-state index contributed by atoms with van der Waals surface area (Å²) in [5.74, 6) is 0.705. The van der Waals surface area contributed by atoms with Gasteiger partial charge in [-0.05, 0) is 24.8 Å². The number of non-ortho nitro benzene ring substituents is 1. The lowest BCUT2D eigenvalue weighted by Crippen LogP contribution is -2.46. The Hall–Kier alpha value is -2.33. The molecule has 0 heterocycles. The standard InChI is InChI=1S/C13H15N3O4/c1-19-11-5-4-10(16(17)18)6-12(11)20-8-13(15,7-14)9-2-3-9/h4-6,9H,2-3,8,15H2,1H3. The van der Waals surface area contributed by atoms with Crippen LogP contribution in [-0.2, 0) is 0 Å². The molecule has 0 aromatic heterocycles. The number of methoxy groups -OCH3 is 1. The lowest BCUT2D eigenvalue weighted by atomic mass is 9.98. The Morgan fingerprint density at radius 1 is 1.55 bits per heavy atom. The number of nitro benzene ring substituents is 1. The number of ether oxygens (including phenoxy) is 2. The number of nitrogens with two attached hydrogens (primary N) is 1. The molecule has 0 aliphatic heterocycles. The maximum absolute atomic E-state index is 10.8. The quantitative estimate of drug-likeness (QED) is 0.624. The zero-order chi connectivity index (χ0) is 14.8. The van der Waals surface area contributed by atoms with Gasteiger partial charge in [-0.3, -0.25) is 10.1 Å². The van der Waals surface area contributed by atoms with Gasteiger partial charge in [0.2, 0.25) is 0 Å². The van der Waals surface area contributed by atoms with Gasteiger partial charge in [-0.15, -0.1) is 0 Å². The first-order valence-electron chi connectivity index (χ1n) is 6.15. The minimum Gasteiger partial charge on any atom is -0.493 e. The van der Waals surface area contributed by atoms with Crippen molar-refractivity contribution in [3.63, 3.8) is 0 Å². The molecule has 1 fully saturated rings. The smallest absolute Gasteiger partial charge is 0.273 e. The highest BCUT2D eigenvalue weighted by Gasteiger charge is 2.43. The molecule has 2 rings (SSSR count). The van der Waals surface area contributed by atoms with Gasteiger partial charge in [0, 0.05) is 6.07 Å². The first kappa shape index (κ1) is 14.1. The predicted molar refractivity (Wildman–Crippen MR) is 70.4 cm³/mol. The summed E-state index contributed by atoms with van der Waals surface area (Å²) in [6.07, 6.45) is 1.80. The summed E-state index contributed by atoms with van der Waals surface area (Å²) in [6.45, 7) is -0.0221. The molecule has 7 nitrogen and oxygen atoms in total. The maximum Gasteiger partial charge on any atom is 0.273 e. The number of hydrogen-bond acceptors (Lipinski definition) is 6. The summed E-state index contributed by atoms with van der Waals surface area (Å²) in [4.78, 5) is 10.2. The monoisotopic (exact) mass is 277 g/mol. The van der Waals surface area contributed by atoms with Crippen LogP contribution in [0.3, 0.4) is 0 Å². The lowest BCUT2D eigenvalue weighted by Gasteiger charge is -2.21. The number of benzene rings is 1. The summed E-state index contributed by atoms with van der Waals surface area (Å²) >= 11 is 0. The molecular formula is C13H15N3O4. The van der Waals surface area contributed by atoms with Gasteiger partial charge in [-0.25, -0.2) is 0 Å². The van der Waals surface area contributed by atoms with Crippen LogP contribution < -0.4 is 15.2 Å². The van der Waals surface area contributed by atoms with E-state index in [1.54, 1.807) is 0 Å². The largest absolute Gasteiger partial charge is 0.493 e. The molecule has 1 atom stereocenters. The third kappa shape index (κ3) is 2.81. The van der Waals surface area contributed by atoms with Crippen molar-refractivity contribution in [1.29, 1.82) is 5.26 Å². The molecule has 20 heavy (non-hydrogen) atoms. The fraction of sp³-hybridized carbons (Fsp3) is 0.462.